The molecule has 0 bridgehead atoms. The third-order valence-electron chi connectivity index (χ3n) is 4.09. The molecule has 0 fully saturated rings. The predicted octanol–water partition coefficient (Wildman–Crippen LogP) is 4.90. The Kier molecular flexibility index (Phi) is 5.35. The summed E-state index contributed by atoms with van der Waals surface area (Å²) in [5.41, 5.74) is -2.77. The zero-order valence-corrected chi connectivity index (χ0v) is 14.8. The number of halogens is 3. The molecular weight excluding hydrogens is 371 g/mol. The molecule has 0 atom stereocenters. The second-order valence-corrected chi connectivity index (χ2v) is 5.90. The maximum Gasteiger partial charge on any atom is 0.432 e. The minimum absolute atomic E-state index is 0.0165. The van der Waals surface area contributed by atoms with Gasteiger partial charge in [0, 0.05) is 0 Å². The molecule has 0 amide bonds. The van der Waals surface area contributed by atoms with Gasteiger partial charge in [-0.05, 0) is 18.1 Å². The van der Waals surface area contributed by atoms with Crippen LogP contribution in [0.3, 0.4) is 0 Å². The van der Waals surface area contributed by atoms with Crippen LogP contribution >= 0.6 is 0 Å². The van der Waals surface area contributed by atoms with E-state index >= 15 is 0 Å². The predicted molar refractivity (Wildman–Crippen MR) is 98.9 cm³/mol. The van der Waals surface area contributed by atoms with Crippen molar-refractivity contribution in [2.75, 3.05) is 6.61 Å². The summed E-state index contributed by atoms with van der Waals surface area (Å²) in [6.45, 7) is 1.30. The summed E-state index contributed by atoms with van der Waals surface area (Å²) in [6.07, 6.45) is -4.94. The standard InChI is InChI=1S/C21H16F3NO3/c1-2-28-20(27)16-18(26)15(13-9-5-3-6-10-13)17(14-11-7-4-8-12-14)25-19(16)21(22,23)24/h3-12H,2H2,1H3,(H,25,26). The van der Waals surface area contributed by atoms with Gasteiger partial charge >= 0.3 is 12.1 Å². The fourth-order valence-electron chi connectivity index (χ4n) is 2.91. The third kappa shape index (κ3) is 3.69. The van der Waals surface area contributed by atoms with E-state index in [-0.39, 0.29) is 17.9 Å². The van der Waals surface area contributed by atoms with Gasteiger partial charge < -0.3 is 9.72 Å². The molecule has 0 unspecified atom stereocenters. The number of carbonyl (C=O) groups excluding carboxylic acids is 1. The number of esters is 1. The number of aromatic amines is 1. The van der Waals surface area contributed by atoms with Crippen molar-refractivity contribution in [3.05, 3.63) is 82.1 Å². The lowest BCUT2D eigenvalue weighted by Gasteiger charge is -2.17. The highest BCUT2D eigenvalue weighted by Crippen LogP contribution is 2.35. The van der Waals surface area contributed by atoms with Crippen molar-refractivity contribution >= 4 is 5.97 Å². The van der Waals surface area contributed by atoms with Crippen LogP contribution in [0, 0.1) is 0 Å². The first-order chi connectivity index (χ1) is 13.3. The maximum absolute atomic E-state index is 13.7. The first-order valence-electron chi connectivity index (χ1n) is 8.50. The summed E-state index contributed by atoms with van der Waals surface area (Å²) in [6, 6.07) is 16.4. The average molecular weight is 387 g/mol. The van der Waals surface area contributed by atoms with Gasteiger partial charge in [-0.2, -0.15) is 13.2 Å². The van der Waals surface area contributed by atoms with Crippen LogP contribution in [-0.2, 0) is 10.9 Å². The van der Waals surface area contributed by atoms with Gasteiger partial charge in [-0.1, -0.05) is 60.7 Å². The molecule has 1 N–H and O–H groups in total. The van der Waals surface area contributed by atoms with Crippen LogP contribution in [0.2, 0.25) is 0 Å². The van der Waals surface area contributed by atoms with E-state index in [4.69, 9.17) is 4.74 Å². The summed E-state index contributed by atoms with van der Waals surface area (Å²) in [5.74, 6) is -1.31. The number of benzene rings is 2. The quantitative estimate of drug-likeness (QED) is 0.648. The minimum atomic E-state index is -4.94. The Morgan fingerprint density at radius 1 is 0.964 bits per heavy atom. The number of nitrogens with one attached hydrogen (secondary N) is 1. The topological polar surface area (TPSA) is 59.2 Å². The number of aromatic nitrogens is 1. The van der Waals surface area contributed by atoms with E-state index in [2.05, 4.69) is 4.98 Å². The number of ether oxygens (including phenoxy) is 1. The molecule has 28 heavy (non-hydrogen) atoms. The van der Waals surface area contributed by atoms with Crippen LogP contribution in [0.5, 0.6) is 0 Å². The van der Waals surface area contributed by atoms with Gasteiger partial charge in [-0.3, -0.25) is 4.79 Å². The van der Waals surface area contributed by atoms with Crippen LogP contribution in [0.1, 0.15) is 23.0 Å². The SMILES string of the molecule is CCOC(=O)c1c(C(F)(F)F)[nH]c(-c2ccccc2)c(-c2ccccc2)c1=O. The number of hydrogen-bond acceptors (Lipinski definition) is 3. The fourth-order valence-corrected chi connectivity index (χ4v) is 2.91. The maximum atomic E-state index is 13.7. The first-order valence-corrected chi connectivity index (χ1v) is 8.50. The van der Waals surface area contributed by atoms with E-state index in [0.29, 0.717) is 11.1 Å². The van der Waals surface area contributed by atoms with Crippen LogP contribution in [0.15, 0.2) is 65.5 Å². The molecule has 0 aliphatic carbocycles. The Labute approximate surface area is 158 Å². The van der Waals surface area contributed by atoms with Gasteiger partial charge in [-0.25, -0.2) is 4.79 Å². The summed E-state index contributed by atoms with van der Waals surface area (Å²) >= 11 is 0. The lowest BCUT2D eigenvalue weighted by atomic mass is 9.95. The van der Waals surface area contributed by atoms with E-state index in [1.54, 1.807) is 60.7 Å². The van der Waals surface area contributed by atoms with Crippen molar-refractivity contribution in [2.24, 2.45) is 0 Å². The Balaban J connectivity index is 2.44. The van der Waals surface area contributed by atoms with Crippen LogP contribution in [0.25, 0.3) is 22.4 Å². The molecule has 7 heteroatoms. The van der Waals surface area contributed by atoms with Gasteiger partial charge in [0.15, 0.2) is 0 Å². The monoisotopic (exact) mass is 387 g/mol. The molecule has 0 saturated carbocycles. The Bertz CT molecular complexity index is 1040. The number of pyridine rings is 1. The van der Waals surface area contributed by atoms with E-state index < -0.39 is 28.8 Å². The Morgan fingerprint density at radius 3 is 2.00 bits per heavy atom. The Morgan fingerprint density at radius 2 is 1.50 bits per heavy atom. The highest BCUT2D eigenvalue weighted by molar-refractivity contribution is 5.94. The highest BCUT2D eigenvalue weighted by Gasteiger charge is 2.40. The zero-order chi connectivity index (χ0) is 20.3. The lowest BCUT2D eigenvalue weighted by Crippen LogP contribution is -2.28. The molecule has 3 aromatic rings. The summed E-state index contributed by atoms with van der Waals surface area (Å²) in [4.78, 5) is 27.6. The summed E-state index contributed by atoms with van der Waals surface area (Å²) in [5, 5.41) is 0. The fraction of sp³-hybridized carbons (Fsp3) is 0.143. The van der Waals surface area contributed by atoms with Gasteiger partial charge in [0.05, 0.1) is 17.9 Å². The third-order valence-corrected chi connectivity index (χ3v) is 4.09. The molecule has 0 aliphatic rings. The van der Waals surface area contributed by atoms with E-state index in [0.717, 1.165) is 0 Å². The van der Waals surface area contributed by atoms with E-state index in [1.807, 2.05) is 0 Å². The van der Waals surface area contributed by atoms with Crippen molar-refractivity contribution in [3.63, 3.8) is 0 Å². The van der Waals surface area contributed by atoms with Crippen molar-refractivity contribution in [1.29, 1.82) is 0 Å². The average Bonchev–Trinajstić information content (AvgIpc) is 2.68. The zero-order valence-electron chi connectivity index (χ0n) is 14.8. The van der Waals surface area contributed by atoms with Gasteiger partial charge in [0.2, 0.25) is 5.43 Å². The minimum Gasteiger partial charge on any atom is -0.462 e. The molecule has 0 aliphatic heterocycles. The van der Waals surface area contributed by atoms with Crippen molar-refractivity contribution < 1.29 is 22.7 Å². The number of carbonyl (C=O) groups is 1. The van der Waals surface area contributed by atoms with Crippen LogP contribution in [-0.4, -0.2) is 17.6 Å². The molecule has 2 aromatic carbocycles. The molecule has 0 spiro atoms. The summed E-state index contributed by atoms with van der Waals surface area (Å²) in [7, 11) is 0. The molecular formula is C21H16F3NO3. The number of hydrogen-bond donors (Lipinski definition) is 1. The summed E-state index contributed by atoms with van der Waals surface area (Å²) < 4.78 is 45.8. The van der Waals surface area contributed by atoms with Gasteiger partial charge in [-0.15, -0.1) is 0 Å². The largest absolute Gasteiger partial charge is 0.462 e. The number of alkyl halides is 3. The van der Waals surface area contributed by atoms with Crippen LogP contribution < -0.4 is 5.43 Å². The smallest absolute Gasteiger partial charge is 0.432 e. The molecule has 0 saturated heterocycles. The van der Waals surface area contributed by atoms with Crippen molar-refractivity contribution in [3.8, 4) is 22.4 Å². The first kappa shape index (κ1) is 19.4. The van der Waals surface area contributed by atoms with Crippen LogP contribution in [0.4, 0.5) is 13.2 Å². The Hall–Kier alpha value is -3.35. The van der Waals surface area contributed by atoms with Gasteiger partial charge in [0.25, 0.3) is 0 Å². The van der Waals surface area contributed by atoms with Gasteiger partial charge in [0.1, 0.15) is 11.3 Å². The molecule has 1 heterocycles. The van der Waals surface area contributed by atoms with Crippen molar-refractivity contribution in [2.45, 2.75) is 13.1 Å². The molecule has 4 nitrogen and oxygen atoms in total. The molecule has 0 radical (unpaired) electrons. The molecule has 1 aromatic heterocycles. The van der Waals surface area contributed by atoms with E-state index in [1.165, 1.54) is 6.92 Å². The number of rotatable bonds is 4. The second kappa shape index (κ2) is 7.72. The normalized spacial score (nSPS) is 11.3. The van der Waals surface area contributed by atoms with E-state index in [9.17, 15) is 22.8 Å². The molecule has 3 rings (SSSR count). The molecule has 144 valence electrons. The van der Waals surface area contributed by atoms with Crippen molar-refractivity contribution in [1.82, 2.24) is 4.98 Å². The second-order valence-electron chi connectivity index (χ2n) is 5.90. The lowest BCUT2D eigenvalue weighted by molar-refractivity contribution is -0.141. The number of H-pyrrole nitrogens is 1. The highest BCUT2D eigenvalue weighted by atomic mass is 19.4.